The molecule has 0 fully saturated rings. The Kier molecular flexibility index (Phi) is 5.49. The molecule has 1 aromatic rings. The van der Waals surface area contributed by atoms with E-state index in [1.807, 2.05) is 0 Å². The second kappa shape index (κ2) is 6.67. The maximum atomic E-state index is 13.2. The van der Waals surface area contributed by atoms with E-state index in [-0.39, 0.29) is 18.1 Å². The Morgan fingerprint density at radius 3 is 2.58 bits per heavy atom. The molecule has 1 rings (SSSR count). The fourth-order valence-electron chi connectivity index (χ4n) is 1.29. The van der Waals surface area contributed by atoms with Crippen molar-refractivity contribution in [3.63, 3.8) is 0 Å². The van der Waals surface area contributed by atoms with Crippen LogP contribution in [0.4, 0.5) is 10.1 Å². The maximum absolute atomic E-state index is 13.2. The van der Waals surface area contributed by atoms with Crippen LogP contribution < -0.4 is 4.74 Å². The molecule has 0 N–H and O–H groups in total. The first-order chi connectivity index (χ1) is 8.79. The number of nitro groups is 1. The molecular formula is C10H11ClFNO5S. The first-order valence-electron chi connectivity index (χ1n) is 5.28. The molecule has 0 radical (unpaired) electrons. The number of hydrogen-bond acceptors (Lipinski definition) is 5. The molecule has 106 valence electrons. The van der Waals surface area contributed by atoms with Crippen molar-refractivity contribution in [3.05, 3.63) is 34.1 Å². The Bertz CT molecular complexity index is 563. The monoisotopic (exact) mass is 311 g/mol. The van der Waals surface area contributed by atoms with Gasteiger partial charge in [0.15, 0.2) is 0 Å². The Balaban J connectivity index is 2.42. The Labute approximate surface area is 113 Å². The molecule has 0 aromatic heterocycles. The van der Waals surface area contributed by atoms with Crippen LogP contribution in [0.3, 0.4) is 0 Å². The van der Waals surface area contributed by atoms with Gasteiger partial charge in [-0.15, -0.1) is 0 Å². The van der Waals surface area contributed by atoms with Crippen LogP contribution in [-0.2, 0) is 9.05 Å². The molecule has 0 unspecified atom stereocenters. The van der Waals surface area contributed by atoms with Crippen molar-refractivity contribution < 1.29 is 22.5 Å². The Hall–Kier alpha value is -1.41. The van der Waals surface area contributed by atoms with E-state index in [2.05, 4.69) is 0 Å². The van der Waals surface area contributed by atoms with Crippen LogP contribution in [0.25, 0.3) is 0 Å². The van der Waals surface area contributed by atoms with Crippen LogP contribution in [0.1, 0.15) is 12.8 Å². The third kappa shape index (κ3) is 5.84. The van der Waals surface area contributed by atoms with Gasteiger partial charge in [-0.25, -0.2) is 8.42 Å². The Morgan fingerprint density at radius 1 is 1.37 bits per heavy atom. The van der Waals surface area contributed by atoms with E-state index in [0.717, 1.165) is 12.1 Å². The van der Waals surface area contributed by atoms with Gasteiger partial charge < -0.3 is 4.74 Å². The third-order valence-corrected chi connectivity index (χ3v) is 3.41. The van der Waals surface area contributed by atoms with Crippen molar-refractivity contribution >= 4 is 25.4 Å². The summed E-state index contributed by atoms with van der Waals surface area (Å²) in [5.41, 5.74) is -0.624. The van der Waals surface area contributed by atoms with Crippen molar-refractivity contribution in [2.75, 3.05) is 12.4 Å². The smallest absolute Gasteiger partial charge is 0.305 e. The van der Waals surface area contributed by atoms with Crippen LogP contribution in [0.2, 0.25) is 0 Å². The standard InChI is InChI=1S/C10H11ClFNO5S/c11-19(16,17)6-2-1-5-18-8-3-4-10(13(14)15)9(12)7-8/h3-4,7H,1-2,5-6H2. The molecule has 0 aliphatic heterocycles. The lowest BCUT2D eigenvalue weighted by Gasteiger charge is -2.05. The average Bonchev–Trinajstić information content (AvgIpc) is 2.26. The summed E-state index contributed by atoms with van der Waals surface area (Å²) in [6.07, 6.45) is 0.742. The van der Waals surface area contributed by atoms with E-state index in [1.54, 1.807) is 0 Å². The lowest BCUT2D eigenvalue weighted by Crippen LogP contribution is -2.03. The predicted molar refractivity (Wildman–Crippen MR) is 67.4 cm³/mol. The van der Waals surface area contributed by atoms with Crippen molar-refractivity contribution in [1.29, 1.82) is 0 Å². The van der Waals surface area contributed by atoms with Gasteiger partial charge in [0.25, 0.3) is 0 Å². The summed E-state index contributed by atoms with van der Waals surface area (Å²) in [5.74, 6) is -0.991. The molecule has 0 atom stereocenters. The van der Waals surface area contributed by atoms with Gasteiger partial charge in [0.05, 0.1) is 17.3 Å². The minimum atomic E-state index is -3.51. The quantitative estimate of drug-likeness (QED) is 0.334. The normalized spacial score (nSPS) is 11.3. The fourth-order valence-corrected chi connectivity index (χ4v) is 2.17. The van der Waals surface area contributed by atoms with Gasteiger partial charge in [-0.1, -0.05) is 0 Å². The summed E-state index contributed by atoms with van der Waals surface area (Å²) in [7, 11) is 1.51. The van der Waals surface area contributed by atoms with E-state index < -0.39 is 25.5 Å². The zero-order chi connectivity index (χ0) is 14.5. The van der Waals surface area contributed by atoms with E-state index in [0.29, 0.717) is 12.8 Å². The summed E-state index contributed by atoms with van der Waals surface area (Å²) >= 11 is 0. The van der Waals surface area contributed by atoms with Crippen LogP contribution in [-0.4, -0.2) is 25.7 Å². The highest BCUT2D eigenvalue weighted by Crippen LogP contribution is 2.22. The largest absolute Gasteiger partial charge is 0.493 e. The number of nitrogens with zero attached hydrogens (tertiary/aromatic N) is 1. The lowest BCUT2D eigenvalue weighted by molar-refractivity contribution is -0.387. The number of rotatable bonds is 7. The van der Waals surface area contributed by atoms with Crippen LogP contribution in [0.15, 0.2) is 18.2 Å². The first-order valence-corrected chi connectivity index (χ1v) is 7.76. The maximum Gasteiger partial charge on any atom is 0.305 e. The lowest BCUT2D eigenvalue weighted by atomic mass is 10.3. The second-order valence-corrected chi connectivity index (χ2v) is 6.57. The number of halogens is 2. The van der Waals surface area contributed by atoms with Crippen molar-refractivity contribution in [3.8, 4) is 5.75 Å². The highest BCUT2D eigenvalue weighted by Gasteiger charge is 2.14. The second-order valence-electron chi connectivity index (χ2n) is 3.67. The summed E-state index contributed by atoms with van der Waals surface area (Å²) < 4.78 is 39.6. The molecule has 0 aliphatic rings. The van der Waals surface area contributed by atoms with E-state index >= 15 is 0 Å². The van der Waals surface area contributed by atoms with Gasteiger partial charge in [0.1, 0.15) is 5.75 Å². The van der Waals surface area contributed by atoms with Crippen molar-refractivity contribution in [2.45, 2.75) is 12.8 Å². The zero-order valence-corrected chi connectivity index (χ0v) is 11.3. The topological polar surface area (TPSA) is 86.5 Å². The molecular weight excluding hydrogens is 301 g/mol. The molecule has 19 heavy (non-hydrogen) atoms. The number of unbranched alkanes of at least 4 members (excludes halogenated alkanes) is 1. The number of nitro benzene ring substituents is 1. The van der Waals surface area contributed by atoms with E-state index in [4.69, 9.17) is 15.4 Å². The third-order valence-electron chi connectivity index (χ3n) is 2.17. The highest BCUT2D eigenvalue weighted by atomic mass is 35.7. The minimum Gasteiger partial charge on any atom is -0.493 e. The fraction of sp³-hybridized carbons (Fsp3) is 0.400. The molecule has 6 nitrogen and oxygen atoms in total. The average molecular weight is 312 g/mol. The van der Waals surface area contributed by atoms with Crippen LogP contribution in [0.5, 0.6) is 5.75 Å². The first kappa shape index (κ1) is 15.6. The highest BCUT2D eigenvalue weighted by molar-refractivity contribution is 8.13. The Morgan fingerprint density at radius 2 is 2.05 bits per heavy atom. The molecule has 0 saturated heterocycles. The van der Waals surface area contributed by atoms with Gasteiger partial charge in [-0.05, 0) is 18.9 Å². The molecule has 0 amide bonds. The molecule has 9 heteroatoms. The van der Waals surface area contributed by atoms with Gasteiger partial charge >= 0.3 is 5.69 Å². The molecule has 0 saturated carbocycles. The molecule has 0 heterocycles. The number of hydrogen-bond donors (Lipinski definition) is 0. The van der Waals surface area contributed by atoms with E-state index in [9.17, 15) is 22.9 Å². The summed E-state index contributed by atoms with van der Waals surface area (Å²) in [5, 5.41) is 10.4. The summed E-state index contributed by atoms with van der Waals surface area (Å²) in [6.45, 7) is 0.170. The van der Waals surface area contributed by atoms with Gasteiger partial charge in [-0.3, -0.25) is 10.1 Å². The molecule has 0 aliphatic carbocycles. The van der Waals surface area contributed by atoms with Crippen LogP contribution >= 0.6 is 10.7 Å². The zero-order valence-electron chi connectivity index (χ0n) is 9.71. The molecule has 1 aromatic carbocycles. The number of benzene rings is 1. The van der Waals surface area contributed by atoms with E-state index in [1.165, 1.54) is 6.07 Å². The molecule has 0 bridgehead atoms. The predicted octanol–water partition coefficient (Wildman–Crippen LogP) is 2.46. The molecule has 0 spiro atoms. The van der Waals surface area contributed by atoms with Crippen molar-refractivity contribution in [2.24, 2.45) is 0 Å². The van der Waals surface area contributed by atoms with Gasteiger partial charge in [0.2, 0.25) is 14.9 Å². The SMILES string of the molecule is O=[N+]([O-])c1ccc(OCCCCS(=O)(=O)Cl)cc1F. The minimum absolute atomic E-state index is 0.150. The van der Waals surface area contributed by atoms with Crippen molar-refractivity contribution in [1.82, 2.24) is 0 Å². The van der Waals surface area contributed by atoms with Gasteiger partial charge in [0, 0.05) is 22.8 Å². The summed E-state index contributed by atoms with van der Waals surface area (Å²) in [4.78, 5) is 9.55. The van der Waals surface area contributed by atoms with Crippen LogP contribution in [0, 0.1) is 15.9 Å². The van der Waals surface area contributed by atoms with Gasteiger partial charge in [-0.2, -0.15) is 4.39 Å². The summed E-state index contributed by atoms with van der Waals surface area (Å²) in [6, 6.07) is 3.20. The number of ether oxygens (including phenoxy) is 1.